The first kappa shape index (κ1) is 7.82. The summed E-state index contributed by atoms with van der Waals surface area (Å²) < 4.78 is 1.37. The van der Waals surface area contributed by atoms with Crippen LogP contribution in [0, 0.1) is 0 Å². The van der Waals surface area contributed by atoms with Gasteiger partial charge in [-0.1, -0.05) is 0 Å². The third-order valence-corrected chi connectivity index (χ3v) is 2.56. The molecule has 0 spiro atoms. The van der Waals surface area contributed by atoms with Crippen molar-refractivity contribution >= 4 is 17.7 Å². The molecule has 1 atom stereocenters. The van der Waals surface area contributed by atoms with Crippen LogP contribution in [0.1, 0.15) is 19.8 Å². The molecule has 58 valence electrons. The number of nitrogens with zero attached hydrogens (tertiary/aromatic N) is 1. The van der Waals surface area contributed by atoms with E-state index in [2.05, 4.69) is 0 Å². The number of carboxylic acids is 1. The van der Waals surface area contributed by atoms with Crippen LogP contribution in [-0.4, -0.2) is 27.6 Å². The zero-order valence-electron chi connectivity index (χ0n) is 5.80. The topological polar surface area (TPSA) is 40.5 Å². The average molecular weight is 164 g/mol. The Kier molecular flexibility index (Phi) is 1.88. The first-order chi connectivity index (χ1) is 4.57. The van der Waals surface area contributed by atoms with Crippen molar-refractivity contribution in [3.63, 3.8) is 0 Å². The Morgan fingerprint density at radius 1 is 1.80 bits per heavy atom. The van der Waals surface area contributed by atoms with Crippen LogP contribution >= 0.6 is 11.8 Å². The van der Waals surface area contributed by atoms with Crippen LogP contribution in [0.2, 0.25) is 0 Å². The molecule has 0 aromatic carbocycles. The zero-order valence-corrected chi connectivity index (χ0v) is 6.56. The highest BCUT2D eigenvalue weighted by atomic mass is 35.5. The maximum absolute atomic E-state index is 10.6. The molecule has 10 heavy (non-hydrogen) atoms. The Balaban J connectivity index is 2.75. The molecule has 0 bridgehead atoms. The van der Waals surface area contributed by atoms with Crippen molar-refractivity contribution in [3.05, 3.63) is 0 Å². The standard InChI is InChI=1S/C6H10ClNO2/c1-6(5(9)10)3-2-4-8(6)7/h2-4H2,1H3,(H,9,10). The third kappa shape index (κ3) is 0.995. The number of rotatable bonds is 1. The number of aliphatic carboxylic acids is 1. The van der Waals surface area contributed by atoms with Gasteiger partial charge in [-0.2, -0.15) is 0 Å². The molecule has 1 N–H and O–H groups in total. The predicted molar refractivity (Wildman–Crippen MR) is 37.8 cm³/mol. The van der Waals surface area contributed by atoms with E-state index in [4.69, 9.17) is 16.9 Å². The first-order valence-corrected chi connectivity index (χ1v) is 3.58. The molecule has 1 aliphatic heterocycles. The van der Waals surface area contributed by atoms with E-state index in [1.165, 1.54) is 4.42 Å². The van der Waals surface area contributed by atoms with Crippen molar-refractivity contribution in [2.45, 2.75) is 25.3 Å². The van der Waals surface area contributed by atoms with Gasteiger partial charge in [-0.15, -0.1) is 0 Å². The minimum Gasteiger partial charge on any atom is -0.480 e. The number of hydrogen-bond acceptors (Lipinski definition) is 2. The SMILES string of the molecule is CC1(C(=O)O)CCCN1Cl. The molecule has 1 aliphatic rings. The predicted octanol–water partition coefficient (Wildman–Crippen LogP) is 1.08. The van der Waals surface area contributed by atoms with Crippen molar-refractivity contribution in [1.29, 1.82) is 0 Å². The summed E-state index contributed by atoms with van der Waals surface area (Å²) in [5.74, 6) is -0.833. The normalized spacial score (nSPS) is 34.6. The molecule has 0 aromatic rings. The van der Waals surface area contributed by atoms with Gasteiger partial charge in [-0.3, -0.25) is 4.79 Å². The second kappa shape index (κ2) is 2.40. The number of hydrogen-bond donors (Lipinski definition) is 1. The maximum Gasteiger partial charge on any atom is 0.325 e. The lowest BCUT2D eigenvalue weighted by Gasteiger charge is -2.23. The fraction of sp³-hybridized carbons (Fsp3) is 0.833. The van der Waals surface area contributed by atoms with Gasteiger partial charge >= 0.3 is 5.97 Å². The van der Waals surface area contributed by atoms with E-state index < -0.39 is 11.5 Å². The molecule has 0 radical (unpaired) electrons. The lowest BCUT2D eigenvalue weighted by Crippen LogP contribution is -2.42. The smallest absolute Gasteiger partial charge is 0.325 e. The fourth-order valence-electron chi connectivity index (χ4n) is 1.14. The quantitative estimate of drug-likeness (QED) is 0.588. The Morgan fingerprint density at radius 3 is 2.60 bits per heavy atom. The van der Waals surface area contributed by atoms with Crippen molar-refractivity contribution < 1.29 is 9.90 Å². The summed E-state index contributed by atoms with van der Waals surface area (Å²) in [6, 6.07) is 0. The zero-order chi connectivity index (χ0) is 7.78. The summed E-state index contributed by atoms with van der Waals surface area (Å²) >= 11 is 5.67. The van der Waals surface area contributed by atoms with Gasteiger partial charge in [-0.05, 0) is 31.5 Å². The van der Waals surface area contributed by atoms with Crippen LogP contribution in [0.3, 0.4) is 0 Å². The van der Waals surface area contributed by atoms with Gasteiger partial charge in [0.2, 0.25) is 0 Å². The van der Waals surface area contributed by atoms with Gasteiger partial charge < -0.3 is 5.11 Å². The Labute approximate surface area is 64.7 Å². The summed E-state index contributed by atoms with van der Waals surface area (Å²) in [5.41, 5.74) is -0.832. The molecule has 0 saturated carbocycles. The van der Waals surface area contributed by atoms with E-state index in [1.54, 1.807) is 6.92 Å². The molecule has 1 unspecified atom stereocenters. The van der Waals surface area contributed by atoms with Gasteiger partial charge in [0.25, 0.3) is 0 Å². The molecular weight excluding hydrogens is 154 g/mol. The maximum atomic E-state index is 10.6. The van der Waals surface area contributed by atoms with E-state index in [0.29, 0.717) is 13.0 Å². The van der Waals surface area contributed by atoms with Crippen molar-refractivity contribution in [2.75, 3.05) is 6.54 Å². The molecule has 3 nitrogen and oxygen atoms in total. The van der Waals surface area contributed by atoms with E-state index in [-0.39, 0.29) is 0 Å². The largest absolute Gasteiger partial charge is 0.480 e. The van der Waals surface area contributed by atoms with Crippen LogP contribution < -0.4 is 0 Å². The van der Waals surface area contributed by atoms with Crippen LogP contribution in [0.15, 0.2) is 0 Å². The Morgan fingerprint density at radius 2 is 2.40 bits per heavy atom. The summed E-state index contributed by atoms with van der Waals surface area (Å²) in [6.07, 6.45) is 1.51. The summed E-state index contributed by atoms with van der Waals surface area (Å²) in [6.45, 7) is 2.32. The number of carbonyl (C=O) groups is 1. The monoisotopic (exact) mass is 163 g/mol. The minimum atomic E-state index is -0.833. The molecule has 4 heteroatoms. The lowest BCUT2D eigenvalue weighted by molar-refractivity contribution is -0.146. The highest BCUT2D eigenvalue weighted by Crippen LogP contribution is 2.30. The molecule has 0 aromatic heterocycles. The number of carboxylic acid groups (broad SMARTS) is 1. The molecule has 1 rings (SSSR count). The minimum absolute atomic E-state index is 0.645. The first-order valence-electron chi connectivity index (χ1n) is 3.24. The molecule has 1 fully saturated rings. The Bertz CT molecular complexity index is 162. The van der Waals surface area contributed by atoms with Crippen LogP contribution in [-0.2, 0) is 4.79 Å². The fourth-order valence-corrected chi connectivity index (χ4v) is 1.42. The van der Waals surface area contributed by atoms with Crippen LogP contribution in [0.25, 0.3) is 0 Å². The highest BCUT2D eigenvalue weighted by Gasteiger charge is 2.42. The van der Waals surface area contributed by atoms with Crippen molar-refractivity contribution in [1.82, 2.24) is 4.42 Å². The average Bonchev–Trinajstić information content (AvgIpc) is 2.15. The van der Waals surface area contributed by atoms with Gasteiger partial charge in [-0.25, -0.2) is 4.42 Å². The second-order valence-electron chi connectivity index (χ2n) is 2.77. The molecule has 0 aliphatic carbocycles. The van der Waals surface area contributed by atoms with Gasteiger partial charge in [0.1, 0.15) is 5.54 Å². The van der Waals surface area contributed by atoms with Crippen LogP contribution in [0.4, 0.5) is 0 Å². The highest BCUT2D eigenvalue weighted by molar-refractivity contribution is 6.15. The van der Waals surface area contributed by atoms with Crippen molar-refractivity contribution in [2.24, 2.45) is 0 Å². The summed E-state index contributed by atoms with van der Waals surface area (Å²) in [4.78, 5) is 10.6. The summed E-state index contributed by atoms with van der Waals surface area (Å²) in [7, 11) is 0. The molecule has 1 saturated heterocycles. The Hall–Kier alpha value is -0.280. The lowest BCUT2D eigenvalue weighted by atomic mass is 10.0. The molecule has 1 heterocycles. The van der Waals surface area contributed by atoms with Crippen LogP contribution in [0.5, 0.6) is 0 Å². The van der Waals surface area contributed by atoms with E-state index in [0.717, 1.165) is 6.42 Å². The number of halogens is 1. The van der Waals surface area contributed by atoms with E-state index >= 15 is 0 Å². The van der Waals surface area contributed by atoms with Gasteiger partial charge in [0.15, 0.2) is 0 Å². The second-order valence-corrected chi connectivity index (χ2v) is 3.18. The molecular formula is C6H10ClNO2. The van der Waals surface area contributed by atoms with Crippen molar-refractivity contribution in [3.8, 4) is 0 Å². The third-order valence-electron chi connectivity index (χ3n) is 2.01. The van der Waals surface area contributed by atoms with E-state index in [1.807, 2.05) is 0 Å². The van der Waals surface area contributed by atoms with Gasteiger partial charge in [0.05, 0.1) is 0 Å². The van der Waals surface area contributed by atoms with E-state index in [9.17, 15) is 4.79 Å². The summed E-state index contributed by atoms with van der Waals surface area (Å²) in [5, 5.41) is 8.72. The van der Waals surface area contributed by atoms with Gasteiger partial charge in [0, 0.05) is 6.54 Å². The molecule has 0 amide bonds.